The number of hydrogen-bond donors (Lipinski definition) is 0. The van der Waals surface area contributed by atoms with Crippen molar-refractivity contribution in [3.8, 4) is 11.3 Å². The molecule has 0 saturated carbocycles. The molecule has 0 fully saturated rings. The van der Waals surface area contributed by atoms with Crippen molar-refractivity contribution in [1.29, 1.82) is 0 Å². The highest BCUT2D eigenvalue weighted by Gasteiger charge is 2.08. The Hall–Kier alpha value is -2.99. The summed E-state index contributed by atoms with van der Waals surface area (Å²) < 4.78 is 0. The van der Waals surface area contributed by atoms with Crippen LogP contribution in [0.15, 0.2) is 58.0 Å². The van der Waals surface area contributed by atoms with E-state index < -0.39 is 0 Å². The quantitative estimate of drug-likeness (QED) is 0.256. The maximum atomic E-state index is 5.60. The van der Waals surface area contributed by atoms with E-state index in [9.17, 15) is 0 Å². The maximum Gasteiger partial charge on any atom is 0.168 e. The standard InChI is InChI=1S/C24H28N4OS/c1-6-28(5)16-25-22-13-17(2)21(12-18(22)3)19(4)27-29-14-24-26-23(15-30-24)20-10-8-7-9-11-20/h7-13,15-16H,6,14H2,1-5H3/b25-16-,27-19+. The van der Waals surface area contributed by atoms with Crippen molar-refractivity contribution in [3.63, 3.8) is 0 Å². The third kappa shape index (κ3) is 5.54. The van der Waals surface area contributed by atoms with Gasteiger partial charge in [-0.15, -0.1) is 11.3 Å². The van der Waals surface area contributed by atoms with Crippen LogP contribution in [0.2, 0.25) is 0 Å². The molecule has 0 atom stereocenters. The molecule has 0 aliphatic heterocycles. The Morgan fingerprint density at radius 1 is 1.17 bits per heavy atom. The number of nitrogens with zero attached hydrogens (tertiary/aromatic N) is 4. The van der Waals surface area contributed by atoms with E-state index in [-0.39, 0.29) is 0 Å². The molecular formula is C24H28N4OS. The minimum Gasteiger partial charge on any atom is -0.388 e. The Morgan fingerprint density at radius 2 is 1.93 bits per heavy atom. The molecule has 0 aliphatic carbocycles. The van der Waals surface area contributed by atoms with Crippen molar-refractivity contribution < 1.29 is 4.84 Å². The van der Waals surface area contributed by atoms with Crippen molar-refractivity contribution in [2.75, 3.05) is 13.6 Å². The zero-order valence-electron chi connectivity index (χ0n) is 18.2. The summed E-state index contributed by atoms with van der Waals surface area (Å²) in [4.78, 5) is 16.9. The maximum absolute atomic E-state index is 5.60. The van der Waals surface area contributed by atoms with Crippen LogP contribution in [0.4, 0.5) is 5.69 Å². The average Bonchev–Trinajstić information content (AvgIpc) is 3.23. The fraction of sp³-hybridized carbons (Fsp3) is 0.292. The summed E-state index contributed by atoms with van der Waals surface area (Å²) in [5, 5.41) is 7.28. The van der Waals surface area contributed by atoms with Gasteiger partial charge in [-0.05, 0) is 51.0 Å². The molecule has 0 unspecified atom stereocenters. The molecule has 3 aromatic rings. The van der Waals surface area contributed by atoms with Crippen molar-refractivity contribution in [3.05, 3.63) is 69.5 Å². The molecule has 0 radical (unpaired) electrons. The summed E-state index contributed by atoms with van der Waals surface area (Å²) in [6, 6.07) is 14.4. The van der Waals surface area contributed by atoms with Crippen LogP contribution < -0.4 is 0 Å². The lowest BCUT2D eigenvalue weighted by molar-refractivity contribution is 0.130. The Morgan fingerprint density at radius 3 is 2.67 bits per heavy atom. The van der Waals surface area contributed by atoms with E-state index in [0.717, 1.165) is 50.9 Å². The highest BCUT2D eigenvalue weighted by molar-refractivity contribution is 7.09. The Labute approximate surface area is 182 Å². The second-order valence-corrected chi connectivity index (χ2v) is 8.16. The molecule has 0 N–H and O–H groups in total. The first kappa shape index (κ1) is 21.7. The molecule has 1 heterocycles. The van der Waals surface area contributed by atoms with Gasteiger partial charge in [0.15, 0.2) is 6.61 Å². The monoisotopic (exact) mass is 420 g/mol. The van der Waals surface area contributed by atoms with E-state index in [0.29, 0.717) is 6.61 Å². The molecule has 3 rings (SSSR count). The van der Waals surface area contributed by atoms with Gasteiger partial charge in [0.2, 0.25) is 0 Å². The van der Waals surface area contributed by atoms with E-state index >= 15 is 0 Å². The highest BCUT2D eigenvalue weighted by Crippen LogP contribution is 2.24. The predicted molar refractivity (Wildman–Crippen MR) is 127 cm³/mol. The number of hydrogen-bond acceptors (Lipinski definition) is 5. The van der Waals surface area contributed by atoms with Crippen molar-refractivity contribution in [1.82, 2.24) is 9.88 Å². The number of rotatable bonds is 8. The van der Waals surface area contributed by atoms with Crippen LogP contribution in [0.25, 0.3) is 11.3 Å². The molecule has 156 valence electrons. The molecule has 0 amide bonds. The van der Waals surface area contributed by atoms with Gasteiger partial charge in [0, 0.05) is 30.1 Å². The van der Waals surface area contributed by atoms with E-state index in [1.807, 2.05) is 48.8 Å². The molecular weight excluding hydrogens is 392 g/mol. The Kier molecular flexibility index (Phi) is 7.36. The molecule has 1 aromatic heterocycles. The van der Waals surface area contributed by atoms with Gasteiger partial charge in [-0.3, -0.25) is 0 Å². The number of benzene rings is 2. The van der Waals surface area contributed by atoms with E-state index in [1.54, 1.807) is 11.3 Å². The summed E-state index contributed by atoms with van der Waals surface area (Å²) in [5.74, 6) is 0. The molecule has 5 nitrogen and oxygen atoms in total. The lowest BCUT2D eigenvalue weighted by Gasteiger charge is -2.11. The topological polar surface area (TPSA) is 50.1 Å². The van der Waals surface area contributed by atoms with Gasteiger partial charge >= 0.3 is 0 Å². The molecule has 0 spiro atoms. The fourth-order valence-corrected chi connectivity index (χ4v) is 3.63. The fourth-order valence-electron chi connectivity index (χ4n) is 2.92. The Balaban J connectivity index is 1.66. The number of aliphatic imine (C=N–C) groups is 1. The largest absolute Gasteiger partial charge is 0.388 e. The Bertz CT molecular complexity index is 1040. The number of aromatic nitrogens is 1. The third-order valence-corrected chi connectivity index (χ3v) is 5.66. The molecule has 30 heavy (non-hydrogen) atoms. The van der Waals surface area contributed by atoms with Crippen LogP contribution in [-0.4, -0.2) is 35.5 Å². The molecule has 0 aliphatic rings. The van der Waals surface area contributed by atoms with Crippen molar-refractivity contribution >= 4 is 29.1 Å². The zero-order chi connectivity index (χ0) is 21.5. The number of thiazole rings is 1. The summed E-state index contributed by atoms with van der Waals surface area (Å²) in [6.45, 7) is 9.49. The summed E-state index contributed by atoms with van der Waals surface area (Å²) in [6.07, 6.45) is 1.86. The van der Waals surface area contributed by atoms with Crippen LogP contribution in [0.5, 0.6) is 0 Å². The van der Waals surface area contributed by atoms with E-state index in [1.165, 1.54) is 0 Å². The summed E-state index contributed by atoms with van der Waals surface area (Å²) in [5.41, 5.74) is 7.20. The normalized spacial score (nSPS) is 11.8. The highest BCUT2D eigenvalue weighted by atomic mass is 32.1. The van der Waals surface area contributed by atoms with Crippen LogP contribution in [0.3, 0.4) is 0 Å². The van der Waals surface area contributed by atoms with E-state index in [4.69, 9.17) is 4.84 Å². The van der Waals surface area contributed by atoms with Crippen LogP contribution >= 0.6 is 11.3 Å². The molecule has 2 aromatic carbocycles. The first-order chi connectivity index (χ1) is 14.5. The second kappa shape index (κ2) is 10.2. The predicted octanol–water partition coefficient (Wildman–Crippen LogP) is 5.98. The average molecular weight is 421 g/mol. The van der Waals surface area contributed by atoms with Gasteiger partial charge in [0.1, 0.15) is 5.01 Å². The minimum absolute atomic E-state index is 0.360. The first-order valence-corrected chi connectivity index (χ1v) is 10.9. The van der Waals surface area contributed by atoms with Gasteiger partial charge in [-0.25, -0.2) is 9.98 Å². The lowest BCUT2D eigenvalue weighted by Crippen LogP contribution is -2.14. The molecule has 0 saturated heterocycles. The van der Waals surface area contributed by atoms with Gasteiger partial charge in [0.05, 0.1) is 23.4 Å². The van der Waals surface area contributed by atoms with Gasteiger partial charge in [-0.2, -0.15) is 0 Å². The number of oxime groups is 1. The van der Waals surface area contributed by atoms with Crippen LogP contribution in [0.1, 0.15) is 35.5 Å². The SMILES string of the molecule is CCN(C)/C=N\c1cc(C)c(/C(C)=N/OCc2nc(-c3ccccc3)cs2)cc1C. The van der Waals surface area contributed by atoms with Crippen molar-refractivity contribution in [2.24, 2.45) is 10.1 Å². The van der Waals surface area contributed by atoms with Gasteiger partial charge in [-0.1, -0.05) is 35.5 Å². The number of aryl methyl sites for hydroxylation is 2. The van der Waals surface area contributed by atoms with Gasteiger partial charge < -0.3 is 9.74 Å². The summed E-state index contributed by atoms with van der Waals surface area (Å²) >= 11 is 1.58. The smallest absolute Gasteiger partial charge is 0.168 e. The molecule has 0 bridgehead atoms. The van der Waals surface area contributed by atoms with Crippen molar-refractivity contribution in [2.45, 2.75) is 34.3 Å². The lowest BCUT2D eigenvalue weighted by atomic mass is 10.0. The second-order valence-electron chi connectivity index (χ2n) is 7.21. The van der Waals surface area contributed by atoms with Crippen LogP contribution in [-0.2, 0) is 11.4 Å². The molecule has 6 heteroatoms. The van der Waals surface area contributed by atoms with E-state index in [2.05, 4.69) is 60.2 Å². The first-order valence-electron chi connectivity index (χ1n) is 10.0. The zero-order valence-corrected chi connectivity index (χ0v) is 19.0. The van der Waals surface area contributed by atoms with Gasteiger partial charge in [0.25, 0.3) is 0 Å². The minimum atomic E-state index is 0.360. The summed E-state index contributed by atoms with van der Waals surface area (Å²) in [7, 11) is 2.01. The van der Waals surface area contributed by atoms with Crippen LogP contribution in [0, 0.1) is 13.8 Å². The third-order valence-electron chi connectivity index (χ3n) is 4.84.